The van der Waals surface area contributed by atoms with E-state index < -0.39 is 0 Å². The lowest BCUT2D eigenvalue weighted by Gasteiger charge is -2.36. The van der Waals surface area contributed by atoms with Gasteiger partial charge in [0.25, 0.3) is 0 Å². The summed E-state index contributed by atoms with van der Waals surface area (Å²) in [5, 5.41) is 1.27. The maximum Gasteiger partial charge on any atom is 0.223 e. The smallest absolute Gasteiger partial charge is 0.223 e. The van der Waals surface area contributed by atoms with Crippen molar-refractivity contribution in [3.63, 3.8) is 0 Å². The fourth-order valence-corrected chi connectivity index (χ4v) is 3.75. The number of hydrogen-bond acceptors (Lipinski definition) is 2. The highest BCUT2D eigenvalue weighted by molar-refractivity contribution is 5.86. The molecule has 1 aliphatic heterocycles. The Morgan fingerprint density at radius 3 is 2.96 bits per heavy atom. The highest BCUT2D eigenvalue weighted by Crippen LogP contribution is 2.38. The minimum atomic E-state index is -0.0751. The van der Waals surface area contributed by atoms with Crippen LogP contribution in [0.15, 0.2) is 48.8 Å². The maximum absolute atomic E-state index is 12.7. The number of para-hydroxylation sites is 1. The monoisotopic (exact) mass is 319 g/mol. The van der Waals surface area contributed by atoms with E-state index in [0.29, 0.717) is 6.42 Å². The minimum Gasteiger partial charge on any atom is -0.356 e. The van der Waals surface area contributed by atoms with Gasteiger partial charge in [0.05, 0.1) is 6.04 Å². The van der Waals surface area contributed by atoms with Crippen molar-refractivity contribution < 1.29 is 4.79 Å². The first-order valence-corrected chi connectivity index (χ1v) is 8.58. The number of rotatable bonds is 3. The molecule has 1 aliphatic rings. The van der Waals surface area contributed by atoms with E-state index in [2.05, 4.69) is 41.2 Å². The molecule has 24 heavy (non-hydrogen) atoms. The Bertz CT molecular complexity index is 869. The summed E-state index contributed by atoms with van der Waals surface area (Å²) in [6.45, 7) is 2.81. The van der Waals surface area contributed by atoms with Gasteiger partial charge < -0.3 is 9.88 Å². The zero-order valence-electron chi connectivity index (χ0n) is 13.8. The van der Waals surface area contributed by atoms with Crippen LogP contribution in [0.4, 0.5) is 0 Å². The van der Waals surface area contributed by atoms with Crippen molar-refractivity contribution >= 4 is 16.8 Å². The van der Waals surface area contributed by atoms with E-state index in [-0.39, 0.29) is 11.9 Å². The Morgan fingerprint density at radius 2 is 2.17 bits per heavy atom. The van der Waals surface area contributed by atoms with Crippen molar-refractivity contribution in [2.75, 3.05) is 6.54 Å². The summed E-state index contributed by atoms with van der Waals surface area (Å²) in [5.74, 6) is 0.218. The molecule has 4 heteroatoms. The third-order valence-electron chi connectivity index (χ3n) is 4.82. The average Bonchev–Trinajstić information content (AvgIpc) is 3.00. The second-order valence-electron chi connectivity index (χ2n) is 6.34. The lowest BCUT2D eigenvalue weighted by molar-refractivity contribution is -0.133. The van der Waals surface area contributed by atoms with Crippen molar-refractivity contribution in [1.82, 2.24) is 14.9 Å². The number of fused-ring (bicyclic) bond motifs is 3. The number of aromatic amines is 1. The number of amides is 1. The van der Waals surface area contributed by atoms with Gasteiger partial charge >= 0.3 is 0 Å². The van der Waals surface area contributed by atoms with Gasteiger partial charge in [-0.05, 0) is 36.1 Å². The second kappa shape index (κ2) is 6.11. The number of nitrogens with zero attached hydrogens (tertiary/aromatic N) is 2. The predicted molar refractivity (Wildman–Crippen MR) is 94.7 cm³/mol. The van der Waals surface area contributed by atoms with E-state index >= 15 is 0 Å². The quantitative estimate of drug-likeness (QED) is 0.797. The van der Waals surface area contributed by atoms with Gasteiger partial charge in [-0.2, -0.15) is 0 Å². The van der Waals surface area contributed by atoms with Gasteiger partial charge in [0, 0.05) is 42.0 Å². The largest absolute Gasteiger partial charge is 0.356 e. The zero-order valence-corrected chi connectivity index (χ0v) is 13.8. The van der Waals surface area contributed by atoms with Crippen LogP contribution in [-0.4, -0.2) is 27.3 Å². The van der Waals surface area contributed by atoms with Gasteiger partial charge in [-0.3, -0.25) is 9.78 Å². The van der Waals surface area contributed by atoms with Crippen molar-refractivity contribution in [2.45, 2.75) is 32.2 Å². The number of carbonyl (C=O) groups is 1. The first-order chi connectivity index (χ1) is 11.8. The fourth-order valence-electron chi connectivity index (χ4n) is 3.75. The standard InChI is InChI=1S/C20H21N3O/c1-2-6-18(24)23-12-10-16-15-8-3-4-9-17(15)22-19(16)20(23)14-7-5-11-21-13-14/h3-5,7-9,11,13,20,22H,2,6,10,12H2,1H3. The Hall–Kier alpha value is -2.62. The molecule has 2 aromatic heterocycles. The van der Waals surface area contributed by atoms with Gasteiger partial charge in [0.15, 0.2) is 0 Å². The molecule has 1 atom stereocenters. The number of hydrogen-bond donors (Lipinski definition) is 1. The lowest BCUT2D eigenvalue weighted by atomic mass is 9.93. The highest BCUT2D eigenvalue weighted by Gasteiger charge is 2.34. The molecule has 0 radical (unpaired) electrons. The third-order valence-corrected chi connectivity index (χ3v) is 4.82. The topological polar surface area (TPSA) is 49.0 Å². The number of H-pyrrole nitrogens is 1. The summed E-state index contributed by atoms with van der Waals surface area (Å²) in [5.41, 5.74) is 4.68. The van der Waals surface area contributed by atoms with Crippen LogP contribution in [0.5, 0.6) is 0 Å². The SMILES string of the molecule is CCCC(=O)N1CCc2c([nH]c3ccccc23)C1c1cccnc1. The third kappa shape index (κ3) is 2.39. The van der Waals surface area contributed by atoms with Crippen LogP contribution in [0.25, 0.3) is 10.9 Å². The Kier molecular flexibility index (Phi) is 3.81. The molecule has 1 unspecified atom stereocenters. The minimum absolute atomic E-state index is 0.0751. The molecule has 0 saturated carbocycles. The van der Waals surface area contributed by atoms with Crippen LogP contribution in [0, 0.1) is 0 Å². The normalized spacial score (nSPS) is 17.0. The first-order valence-electron chi connectivity index (χ1n) is 8.58. The molecule has 0 spiro atoms. The van der Waals surface area contributed by atoms with Gasteiger partial charge in [0.2, 0.25) is 5.91 Å². The lowest BCUT2D eigenvalue weighted by Crippen LogP contribution is -2.40. The van der Waals surface area contributed by atoms with Gasteiger partial charge in [-0.15, -0.1) is 0 Å². The molecule has 4 rings (SSSR count). The number of aromatic nitrogens is 2. The molecule has 1 N–H and O–H groups in total. The maximum atomic E-state index is 12.7. The molecule has 0 aliphatic carbocycles. The van der Waals surface area contributed by atoms with Crippen LogP contribution < -0.4 is 0 Å². The Balaban J connectivity index is 1.87. The summed E-state index contributed by atoms with van der Waals surface area (Å²) < 4.78 is 0. The number of nitrogens with one attached hydrogen (secondary N) is 1. The van der Waals surface area contributed by atoms with Crippen LogP contribution in [-0.2, 0) is 11.2 Å². The summed E-state index contributed by atoms with van der Waals surface area (Å²) >= 11 is 0. The van der Waals surface area contributed by atoms with Crippen LogP contribution in [0.2, 0.25) is 0 Å². The van der Waals surface area contributed by atoms with Crippen LogP contribution in [0.3, 0.4) is 0 Å². The number of benzene rings is 1. The molecule has 4 nitrogen and oxygen atoms in total. The molecular formula is C20H21N3O. The Labute approximate surface area is 141 Å². The summed E-state index contributed by atoms with van der Waals surface area (Å²) in [4.78, 5) is 22.6. The van der Waals surface area contributed by atoms with Crippen molar-refractivity contribution in [3.8, 4) is 0 Å². The molecule has 0 saturated heterocycles. The van der Waals surface area contributed by atoms with Crippen molar-refractivity contribution in [1.29, 1.82) is 0 Å². The van der Waals surface area contributed by atoms with E-state index in [1.807, 2.05) is 23.2 Å². The van der Waals surface area contributed by atoms with E-state index in [1.54, 1.807) is 6.20 Å². The van der Waals surface area contributed by atoms with E-state index in [1.165, 1.54) is 10.9 Å². The number of pyridine rings is 1. The van der Waals surface area contributed by atoms with Crippen LogP contribution in [0.1, 0.15) is 42.6 Å². The summed E-state index contributed by atoms with van der Waals surface area (Å²) in [7, 11) is 0. The van der Waals surface area contributed by atoms with Crippen molar-refractivity contribution in [2.24, 2.45) is 0 Å². The molecule has 0 bridgehead atoms. The second-order valence-corrected chi connectivity index (χ2v) is 6.34. The molecule has 122 valence electrons. The molecule has 1 aromatic carbocycles. The first kappa shape index (κ1) is 14.9. The van der Waals surface area contributed by atoms with Crippen LogP contribution >= 0.6 is 0 Å². The van der Waals surface area contributed by atoms with Gasteiger partial charge in [-0.25, -0.2) is 0 Å². The molecular weight excluding hydrogens is 298 g/mol. The zero-order chi connectivity index (χ0) is 16.5. The molecule has 3 aromatic rings. The van der Waals surface area contributed by atoms with E-state index in [4.69, 9.17) is 0 Å². The summed E-state index contributed by atoms with van der Waals surface area (Å²) in [6.07, 6.45) is 6.00. The molecule has 3 heterocycles. The number of carbonyl (C=O) groups excluding carboxylic acids is 1. The average molecular weight is 319 g/mol. The predicted octanol–water partition coefficient (Wildman–Crippen LogP) is 3.84. The highest BCUT2D eigenvalue weighted by atomic mass is 16.2. The fraction of sp³-hybridized carbons (Fsp3) is 0.300. The van der Waals surface area contributed by atoms with Gasteiger partial charge in [-0.1, -0.05) is 31.2 Å². The van der Waals surface area contributed by atoms with Gasteiger partial charge in [0.1, 0.15) is 0 Å². The molecule has 0 fully saturated rings. The summed E-state index contributed by atoms with van der Waals surface area (Å²) in [6, 6.07) is 12.3. The molecule has 1 amide bonds. The van der Waals surface area contributed by atoms with E-state index in [0.717, 1.165) is 36.2 Å². The van der Waals surface area contributed by atoms with E-state index in [9.17, 15) is 4.79 Å². The Morgan fingerprint density at radius 1 is 1.29 bits per heavy atom. The van der Waals surface area contributed by atoms with Crippen molar-refractivity contribution in [3.05, 3.63) is 65.6 Å².